The van der Waals surface area contributed by atoms with Gasteiger partial charge in [-0.05, 0) is 101 Å². The maximum absolute atomic E-state index is 12.9. The van der Waals surface area contributed by atoms with Gasteiger partial charge in [0.15, 0.2) is 23.0 Å². The highest BCUT2D eigenvalue weighted by Gasteiger charge is 2.26. The zero-order valence-electron chi connectivity index (χ0n) is 39.7. The number of fused-ring (bicyclic) bond motifs is 2. The lowest BCUT2D eigenvalue weighted by atomic mass is 9.89. The van der Waals surface area contributed by atoms with E-state index >= 15 is 0 Å². The van der Waals surface area contributed by atoms with E-state index in [9.17, 15) is 9.59 Å². The average molecular weight is 914 g/mol. The first-order chi connectivity index (χ1) is 32.0. The van der Waals surface area contributed by atoms with E-state index in [0.717, 1.165) is 28.8 Å². The van der Waals surface area contributed by atoms with E-state index in [1.807, 2.05) is 131 Å². The normalized spacial score (nSPS) is 16.3. The van der Waals surface area contributed by atoms with Crippen LogP contribution in [-0.2, 0) is 41.6 Å². The lowest BCUT2D eigenvalue weighted by Gasteiger charge is -2.31. The molecule has 1 fully saturated rings. The second-order valence-corrected chi connectivity index (χ2v) is 17.4. The molecule has 2 aliphatic rings. The number of ether oxygens (including phenoxy) is 10. The molecule has 0 spiro atoms. The highest BCUT2D eigenvalue weighted by molar-refractivity contribution is 5.89. The Labute approximate surface area is 391 Å². The van der Waals surface area contributed by atoms with Crippen molar-refractivity contribution in [2.75, 3.05) is 85.8 Å². The van der Waals surface area contributed by atoms with Crippen LogP contribution >= 0.6 is 0 Å². The van der Waals surface area contributed by atoms with Crippen molar-refractivity contribution in [3.63, 3.8) is 0 Å². The van der Waals surface area contributed by atoms with Crippen molar-refractivity contribution >= 4 is 12.1 Å². The third-order valence-corrected chi connectivity index (χ3v) is 10.5. The minimum Gasteiger partial charge on any atom is -0.487 e. The Morgan fingerprint density at radius 1 is 0.561 bits per heavy atom. The predicted octanol–water partition coefficient (Wildman–Crippen LogP) is 9.96. The van der Waals surface area contributed by atoms with E-state index in [1.165, 1.54) is 32.1 Å². The number of para-hydroxylation sites is 4. The molecule has 0 N–H and O–H groups in total. The molecule has 0 saturated heterocycles. The van der Waals surface area contributed by atoms with E-state index in [-0.39, 0.29) is 18.7 Å². The molecule has 0 unspecified atom stereocenters. The number of hydrogen-bond acceptors (Lipinski definition) is 12. The van der Waals surface area contributed by atoms with Gasteiger partial charge in [-0.3, -0.25) is 0 Å². The van der Waals surface area contributed by atoms with Crippen LogP contribution in [0.15, 0.2) is 91.0 Å². The van der Waals surface area contributed by atoms with Crippen LogP contribution in [0.25, 0.3) is 0 Å². The number of aryl methyl sites for hydroxylation is 2. The van der Waals surface area contributed by atoms with Gasteiger partial charge < -0.3 is 52.3 Å². The van der Waals surface area contributed by atoms with Crippen LogP contribution < -0.4 is 18.9 Å². The summed E-state index contributed by atoms with van der Waals surface area (Å²) in [4.78, 5) is 27.2. The fourth-order valence-corrected chi connectivity index (χ4v) is 7.36. The van der Waals surface area contributed by atoms with E-state index in [0.29, 0.717) is 120 Å². The first-order valence-electron chi connectivity index (χ1n) is 23.3. The van der Waals surface area contributed by atoms with E-state index in [4.69, 9.17) is 47.4 Å². The van der Waals surface area contributed by atoms with Gasteiger partial charge in [0.25, 0.3) is 0 Å². The smallest absolute Gasteiger partial charge is 0.410 e. The van der Waals surface area contributed by atoms with Gasteiger partial charge in [-0.2, -0.15) is 0 Å². The fraction of sp³-hybridized carbons (Fsp3) is 0.509. The molecule has 6 rings (SSSR count). The predicted molar refractivity (Wildman–Crippen MR) is 253 cm³/mol. The standard InChI is InChI=1S/C29H39NO4.C24H32O8/c1-21-15-22(2)17-26(16-21)27(31)33-20-25-13-11-24(12-14-25)19-30(28(32)34-29(3,4)5)18-23-9-7-6-8-10-23;1-2-6-22-21(5-1)29-17-13-25-9-10-27-15-19-31-23-7-3-4-8-24(23)32-20-16-28-12-11-26-14-18-30-22/h11-17,23H,6-10,18-20H2,1-5H3;1-8H,9-20H2. The molecule has 1 amide bonds. The molecule has 4 aromatic rings. The van der Waals surface area contributed by atoms with Crippen molar-refractivity contribution in [3.05, 3.63) is 119 Å². The first-order valence-corrected chi connectivity index (χ1v) is 23.3. The average Bonchev–Trinajstić information content (AvgIpc) is 3.30. The summed E-state index contributed by atoms with van der Waals surface area (Å²) in [5.74, 6) is 2.94. The van der Waals surface area contributed by atoms with Gasteiger partial charge in [-0.1, -0.05) is 85.0 Å². The lowest BCUT2D eigenvalue weighted by Crippen LogP contribution is -2.39. The molecule has 1 heterocycles. The molecular formula is C53H71NO12. The monoisotopic (exact) mass is 913 g/mol. The van der Waals surface area contributed by atoms with E-state index in [1.54, 1.807) is 0 Å². The maximum Gasteiger partial charge on any atom is 0.410 e. The summed E-state index contributed by atoms with van der Waals surface area (Å²) in [5.41, 5.74) is 4.08. The molecule has 0 bridgehead atoms. The third-order valence-electron chi connectivity index (χ3n) is 10.5. The van der Waals surface area contributed by atoms with Gasteiger partial charge in [-0.25, -0.2) is 9.59 Å². The van der Waals surface area contributed by atoms with Gasteiger partial charge in [-0.15, -0.1) is 0 Å². The number of esters is 1. The molecule has 0 radical (unpaired) electrons. The first kappa shape index (κ1) is 51.6. The Kier molecular flexibility index (Phi) is 22.4. The maximum atomic E-state index is 12.9. The number of carbonyl (C=O) groups is 2. The van der Waals surface area contributed by atoms with Crippen LogP contribution in [0, 0.1) is 19.8 Å². The van der Waals surface area contributed by atoms with Gasteiger partial charge >= 0.3 is 12.1 Å². The summed E-state index contributed by atoms with van der Waals surface area (Å²) in [5, 5.41) is 0. The number of rotatable bonds is 7. The van der Waals surface area contributed by atoms with Crippen molar-refractivity contribution in [2.24, 2.45) is 5.92 Å². The molecule has 1 aliphatic heterocycles. The zero-order valence-corrected chi connectivity index (χ0v) is 39.7. The number of nitrogens with zero attached hydrogens (tertiary/aromatic N) is 1. The highest BCUT2D eigenvalue weighted by Crippen LogP contribution is 2.28. The fourth-order valence-electron chi connectivity index (χ4n) is 7.36. The minimum absolute atomic E-state index is 0.212. The Bertz CT molecular complexity index is 1860. The molecule has 13 heteroatoms. The van der Waals surface area contributed by atoms with Crippen molar-refractivity contribution < 1.29 is 57.0 Å². The third kappa shape index (κ3) is 20.0. The van der Waals surface area contributed by atoms with Crippen LogP contribution in [0.5, 0.6) is 23.0 Å². The van der Waals surface area contributed by atoms with Crippen LogP contribution in [0.4, 0.5) is 4.79 Å². The molecule has 360 valence electrons. The van der Waals surface area contributed by atoms with Gasteiger partial charge in [0.2, 0.25) is 0 Å². The molecule has 0 aromatic heterocycles. The van der Waals surface area contributed by atoms with Gasteiger partial charge in [0.05, 0.1) is 58.4 Å². The number of amides is 1. The van der Waals surface area contributed by atoms with Gasteiger partial charge in [0.1, 0.15) is 38.6 Å². The highest BCUT2D eigenvalue weighted by atomic mass is 16.6. The quantitative estimate of drug-likeness (QED) is 0.164. The molecule has 13 nitrogen and oxygen atoms in total. The largest absolute Gasteiger partial charge is 0.487 e. The second-order valence-electron chi connectivity index (χ2n) is 17.4. The summed E-state index contributed by atoms with van der Waals surface area (Å²) in [6, 6.07) is 28.7. The number of hydrogen-bond donors (Lipinski definition) is 0. The number of carbonyl (C=O) groups excluding carboxylic acids is 2. The lowest BCUT2D eigenvalue weighted by molar-refractivity contribution is 0.0189. The van der Waals surface area contributed by atoms with Gasteiger partial charge in [0, 0.05) is 13.1 Å². The van der Waals surface area contributed by atoms with Crippen molar-refractivity contribution in [3.8, 4) is 23.0 Å². The Balaban J connectivity index is 0.000000248. The second kappa shape index (κ2) is 28.6. The van der Waals surface area contributed by atoms with Crippen molar-refractivity contribution in [2.45, 2.75) is 85.5 Å². The van der Waals surface area contributed by atoms with Crippen LogP contribution in [-0.4, -0.2) is 108 Å². The summed E-state index contributed by atoms with van der Waals surface area (Å²) < 4.78 is 56.5. The Hall–Kier alpha value is -5.34. The van der Waals surface area contributed by atoms with Crippen molar-refractivity contribution in [1.82, 2.24) is 4.90 Å². The van der Waals surface area contributed by atoms with E-state index < -0.39 is 5.60 Å². The topological polar surface area (TPSA) is 130 Å². The summed E-state index contributed by atoms with van der Waals surface area (Å²) >= 11 is 0. The molecule has 4 aromatic carbocycles. The Morgan fingerprint density at radius 3 is 1.39 bits per heavy atom. The summed E-state index contributed by atoms with van der Waals surface area (Å²) in [6.07, 6.45) is 5.85. The molecule has 1 saturated carbocycles. The molecule has 66 heavy (non-hydrogen) atoms. The van der Waals surface area contributed by atoms with Crippen LogP contribution in [0.3, 0.4) is 0 Å². The Morgan fingerprint density at radius 2 is 0.970 bits per heavy atom. The van der Waals surface area contributed by atoms with Crippen LogP contribution in [0.2, 0.25) is 0 Å². The summed E-state index contributed by atoms with van der Waals surface area (Å²) in [6.45, 7) is 16.6. The summed E-state index contributed by atoms with van der Waals surface area (Å²) in [7, 11) is 0. The SMILES string of the molecule is Cc1cc(C)cc(C(=O)OCc2ccc(CN(CC3CCCCC3)C(=O)OC(C)(C)C)cc2)c1.c1ccc2c(c1)OCCOCCOCCOc1ccccc1OCCOCCOCCO2. The minimum atomic E-state index is -0.522. The molecular weight excluding hydrogens is 843 g/mol. The van der Waals surface area contributed by atoms with E-state index in [2.05, 4.69) is 0 Å². The molecule has 0 atom stereocenters. The van der Waals surface area contributed by atoms with Crippen molar-refractivity contribution in [1.29, 1.82) is 0 Å². The molecule has 1 aliphatic carbocycles. The van der Waals surface area contributed by atoms with Crippen LogP contribution in [0.1, 0.15) is 85.5 Å². The zero-order chi connectivity index (χ0) is 46.8. The number of benzene rings is 4.